The number of amides is 1. The summed E-state index contributed by atoms with van der Waals surface area (Å²) in [6.45, 7) is 6.32. The minimum absolute atomic E-state index is 0.0796. The van der Waals surface area contributed by atoms with E-state index in [2.05, 4.69) is 10.4 Å². The number of carbonyl (C=O) groups excluding carboxylic acids is 2. The summed E-state index contributed by atoms with van der Waals surface area (Å²) in [7, 11) is 0. The van der Waals surface area contributed by atoms with Crippen molar-refractivity contribution in [1.82, 2.24) is 15.1 Å². The number of rotatable bonds is 6. The molecule has 1 aromatic rings. The minimum Gasteiger partial charge on any atom is -0.465 e. The van der Waals surface area contributed by atoms with Gasteiger partial charge in [0, 0.05) is 18.7 Å². The van der Waals surface area contributed by atoms with Crippen molar-refractivity contribution in [2.24, 2.45) is 0 Å². The van der Waals surface area contributed by atoms with E-state index in [9.17, 15) is 9.59 Å². The highest BCUT2D eigenvalue weighted by atomic mass is 16.5. The molecule has 0 saturated heterocycles. The van der Waals surface area contributed by atoms with Crippen molar-refractivity contribution in [2.75, 3.05) is 13.2 Å². The van der Waals surface area contributed by atoms with Gasteiger partial charge in [-0.05, 0) is 26.8 Å². The molecule has 0 fully saturated rings. The third-order valence-corrected chi connectivity index (χ3v) is 2.39. The Balaban J connectivity index is 2.29. The first-order valence-corrected chi connectivity index (χ1v) is 5.96. The molecule has 1 N–H and O–H groups in total. The van der Waals surface area contributed by atoms with Crippen molar-refractivity contribution in [3.8, 4) is 0 Å². The highest BCUT2D eigenvalue weighted by molar-refractivity contribution is 5.81. The Hall–Kier alpha value is -1.85. The maximum Gasteiger partial charge on any atom is 0.325 e. The van der Waals surface area contributed by atoms with Crippen LogP contribution in [0.15, 0.2) is 6.07 Å². The Morgan fingerprint density at radius 3 is 2.72 bits per heavy atom. The van der Waals surface area contributed by atoms with Crippen LogP contribution in [-0.2, 0) is 20.9 Å². The van der Waals surface area contributed by atoms with Gasteiger partial charge in [-0.25, -0.2) is 0 Å². The molecule has 6 nitrogen and oxygen atoms in total. The number of carbonyl (C=O) groups is 2. The summed E-state index contributed by atoms with van der Waals surface area (Å²) >= 11 is 0. The summed E-state index contributed by atoms with van der Waals surface area (Å²) in [4.78, 5) is 22.5. The molecule has 18 heavy (non-hydrogen) atoms. The molecular formula is C12H19N3O3. The van der Waals surface area contributed by atoms with Gasteiger partial charge in [0.05, 0.1) is 12.3 Å². The summed E-state index contributed by atoms with van der Waals surface area (Å²) in [5.74, 6) is -0.604. The molecule has 1 heterocycles. The molecule has 0 bridgehead atoms. The van der Waals surface area contributed by atoms with Crippen molar-refractivity contribution < 1.29 is 14.3 Å². The zero-order valence-corrected chi connectivity index (χ0v) is 11.0. The van der Waals surface area contributed by atoms with Crippen LogP contribution >= 0.6 is 0 Å². The largest absolute Gasteiger partial charge is 0.465 e. The molecule has 1 rings (SSSR count). The quantitative estimate of drug-likeness (QED) is 0.752. The first kappa shape index (κ1) is 14.2. The molecular weight excluding hydrogens is 234 g/mol. The fraction of sp³-hybridized carbons (Fsp3) is 0.583. The van der Waals surface area contributed by atoms with Gasteiger partial charge in [-0.1, -0.05) is 0 Å². The van der Waals surface area contributed by atoms with E-state index in [-0.39, 0.29) is 12.5 Å². The lowest BCUT2D eigenvalue weighted by Crippen LogP contribution is -2.31. The van der Waals surface area contributed by atoms with Gasteiger partial charge in [-0.15, -0.1) is 0 Å². The first-order chi connectivity index (χ1) is 8.52. The predicted molar refractivity (Wildman–Crippen MR) is 66.0 cm³/mol. The molecule has 6 heteroatoms. The molecule has 0 aliphatic rings. The summed E-state index contributed by atoms with van der Waals surface area (Å²) in [6, 6.07) is 1.95. The van der Waals surface area contributed by atoms with Crippen LogP contribution in [0.3, 0.4) is 0 Å². The zero-order valence-electron chi connectivity index (χ0n) is 11.0. The highest BCUT2D eigenvalue weighted by Gasteiger charge is 2.07. The Kier molecular flexibility index (Phi) is 5.35. The number of nitrogens with one attached hydrogen (secondary N) is 1. The molecule has 0 radical (unpaired) electrons. The Labute approximate surface area is 106 Å². The second-order valence-corrected chi connectivity index (χ2v) is 3.98. The molecule has 0 spiro atoms. The zero-order chi connectivity index (χ0) is 13.5. The fourth-order valence-corrected chi connectivity index (χ4v) is 1.58. The maximum atomic E-state index is 11.5. The summed E-state index contributed by atoms with van der Waals surface area (Å²) < 4.78 is 6.48. The third kappa shape index (κ3) is 4.57. The smallest absolute Gasteiger partial charge is 0.325 e. The van der Waals surface area contributed by atoms with Crippen LogP contribution in [0, 0.1) is 13.8 Å². The van der Waals surface area contributed by atoms with Crippen LogP contribution in [0.25, 0.3) is 0 Å². The minimum atomic E-state index is -0.419. The molecule has 0 aliphatic carbocycles. The van der Waals surface area contributed by atoms with E-state index in [4.69, 9.17) is 4.74 Å². The van der Waals surface area contributed by atoms with Gasteiger partial charge in [0.1, 0.15) is 6.54 Å². The van der Waals surface area contributed by atoms with Crippen LogP contribution < -0.4 is 5.32 Å². The average Bonchev–Trinajstić information content (AvgIpc) is 2.63. The number of aromatic nitrogens is 2. The highest BCUT2D eigenvalue weighted by Crippen LogP contribution is 2.02. The Bertz CT molecular complexity index is 426. The topological polar surface area (TPSA) is 73.2 Å². The first-order valence-electron chi connectivity index (χ1n) is 5.96. The lowest BCUT2D eigenvalue weighted by Gasteiger charge is -2.06. The lowest BCUT2D eigenvalue weighted by molar-refractivity contribution is -0.143. The predicted octanol–water partition coefficient (Wildman–Crippen LogP) is 0.569. The molecule has 100 valence electrons. The van der Waals surface area contributed by atoms with E-state index in [1.165, 1.54) is 0 Å². The number of hydrogen-bond acceptors (Lipinski definition) is 4. The van der Waals surface area contributed by atoms with E-state index >= 15 is 0 Å². The van der Waals surface area contributed by atoms with Gasteiger partial charge >= 0.3 is 5.97 Å². The van der Waals surface area contributed by atoms with E-state index in [0.717, 1.165) is 11.4 Å². The van der Waals surface area contributed by atoms with E-state index in [1.54, 1.807) is 11.6 Å². The van der Waals surface area contributed by atoms with Crippen LogP contribution in [0.5, 0.6) is 0 Å². The van der Waals surface area contributed by atoms with Gasteiger partial charge in [0.2, 0.25) is 5.91 Å². The van der Waals surface area contributed by atoms with Crippen molar-refractivity contribution >= 4 is 11.9 Å². The number of esters is 1. The van der Waals surface area contributed by atoms with Gasteiger partial charge in [0.15, 0.2) is 0 Å². The van der Waals surface area contributed by atoms with Crippen LogP contribution in [0.4, 0.5) is 0 Å². The number of nitrogens with zero attached hydrogens (tertiary/aromatic N) is 2. The average molecular weight is 253 g/mol. The fourth-order valence-electron chi connectivity index (χ4n) is 1.58. The second-order valence-electron chi connectivity index (χ2n) is 3.98. The molecule has 0 unspecified atom stereocenters. The number of aryl methyl sites for hydroxylation is 3. The summed E-state index contributed by atoms with van der Waals surface area (Å²) in [5, 5.41) is 6.76. The number of ether oxygens (including phenoxy) is 1. The van der Waals surface area contributed by atoms with Gasteiger partial charge in [0.25, 0.3) is 0 Å². The number of hydrogen-bond donors (Lipinski definition) is 1. The Morgan fingerprint density at radius 1 is 1.44 bits per heavy atom. The van der Waals surface area contributed by atoms with Crippen molar-refractivity contribution in [1.29, 1.82) is 0 Å². The SMILES string of the molecule is CCOC(=O)CNC(=O)CCn1nc(C)cc1C. The van der Waals surface area contributed by atoms with E-state index in [1.807, 2.05) is 19.9 Å². The van der Waals surface area contributed by atoms with Gasteiger partial charge in [-0.2, -0.15) is 5.10 Å². The molecule has 1 aromatic heterocycles. The van der Waals surface area contributed by atoms with Crippen LogP contribution in [0.1, 0.15) is 24.7 Å². The Morgan fingerprint density at radius 2 is 2.17 bits per heavy atom. The monoisotopic (exact) mass is 253 g/mol. The molecule has 0 aliphatic heterocycles. The lowest BCUT2D eigenvalue weighted by atomic mass is 10.3. The molecule has 1 amide bonds. The third-order valence-electron chi connectivity index (χ3n) is 2.39. The van der Waals surface area contributed by atoms with E-state index in [0.29, 0.717) is 19.6 Å². The molecule has 0 atom stereocenters. The normalized spacial score (nSPS) is 10.2. The van der Waals surface area contributed by atoms with Gasteiger partial charge < -0.3 is 10.1 Å². The van der Waals surface area contributed by atoms with Crippen molar-refractivity contribution in [2.45, 2.75) is 33.7 Å². The maximum absolute atomic E-state index is 11.5. The van der Waals surface area contributed by atoms with Crippen LogP contribution in [0.2, 0.25) is 0 Å². The standard InChI is InChI=1S/C12H19N3O3/c1-4-18-12(17)8-13-11(16)5-6-15-10(3)7-9(2)14-15/h7H,4-6,8H2,1-3H3,(H,13,16). The van der Waals surface area contributed by atoms with E-state index < -0.39 is 5.97 Å². The van der Waals surface area contributed by atoms with Crippen molar-refractivity contribution in [3.63, 3.8) is 0 Å². The van der Waals surface area contributed by atoms with Gasteiger partial charge in [-0.3, -0.25) is 14.3 Å². The van der Waals surface area contributed by atoms with Crippen molar-refractivity contribution in [3.05, 3.63) is 17.5 Å². The molecule has 0 saturated carbocycles. The molecule has 0 aromatic carbocycles. The summed E-state index contributed by atoms with van der Waals surface area (Å²) in [6.07, 6.45) is 0.293. The second kappa shape index (κ2) is 6.78. The summed E-state index contributed by atoms with van der Waals surface area (Å²) in [5.41, 5.74) is 1.95. The van der Waals surface area contributed by atoms with Crippen LogP contribution in [-0.4, -0.2) is 34.8 Å².